The van der Waals surface area contributed by atoms with Crippen LogP contribution in [0.4, 0.5) is 0 Å². The summed E-state index contributed by atoms with van der Waals surface area (Å²) in [6.07, 6.45) is 11.9. The van der Waals surface area contributed by atoms with E-state index in [0.29, 0.717) is 30.1 Å². The minimum absolute atomic E-state index is 0. The molecule has 4 nitrogen and oxygen atoms in total. The van der Waals surface area contributed by atoms with Gasteiger partial charge in [-0.2, -0.15) is 54.0 Å². The van der Waals surface area contributed by atoms with Crippen LogP contribution in [0.2, 0.25) is 0 Å². The molecule has 0 amide bonds. The van der Waals surface area contributed by atoms with E-state index < -0.39 is 0 Å². The van der Waals surface area contributed by atoms with Crippen molar-refractivity contribution in [2.24, 2.45) is 34.5 Å². The van der Waals surface area contributed by atoms with Crippen LogP contribution in [0.5, 0.6) is 0 Å². The van der Waals surface area contributed by atoms with Crippen LogP contribution in [0, 0.1) is 34.5 Å². The highest BCUT2D eigenvalue weighted by atomic mass is 32.1. The van der Waals surface area contributed by atoms with Crippen molar-refractivity contribution in [3.8, 4) is 0 Å². The van der Waals surface area contributed by atoms with Gasteiger partial charge in [-0.15, -0.1) is 0 Å². The number of carbonyl (C=O) groups excluding carboxylic acids is 2. The number of hydrogen-bond donors (Lipinski definition) is 0. The van der Waals surface area contributed by atoms with Crippen molar-refractivity contribution >= 4 is 65.7 Å². The van der Waals surface area contributed by atoms with E-state index in [1.807, 2.05) is 6.08 Å². The smallest absolute Gasteiger partial charge is 0.306 e. The summed E-state index contributed by atoms with van der Waals surface area (Å²) in [5.41, 5.74) is 0.839. The Kier molecular flexibility index (Phi) is 5.98. The Morgan fingerprint density at radius 3 is 2.48 bits per heavy atom. The molecule has 9 atom stereocenters. The fourth-order valence-corrected chi connectivity index (χ4v) is 8.75. The summed E-state index contributed by atoms with van der Waals surface area (Å²) in [6.45, 7) is 4.70. The third-order valence-corrected chi connectivity index (χ3v) is 10.0. The van der Waals surface area contributed by atoms with Crippen molar-refractivity contribution in [3.05, 3.63) is 23.8 Å². The number of ketones is 1. The predicted molar refractivity (Wildman–Crippen MR) is 138 cm³/mol. The van der Waals surface area contributed by atoms with Crippen molar-refractivity contribution in [1.29, 1.82) is 0 Å². The third kappa shape index (κ3) is 2.60. The number of allylic oxidation sites excluding steroid dienone is 2. The van der Waals surface area contributed by atoms with Crippen molar-refractivity contribution in [2.75, 3.05) is 0 Å². The molecular formula is C23H34O4S4. The van der Waals surface area contributed by atoms with Gasteiger partial charge in [0.15, 0.2) is 5.78 Å². The van der Waals surface area contributed by atoms with E-state index >= 15 is 0 Å². The summed E-state index contributed by atoms with van der Waals surface area (Å²) in [4.78, 5) is 24.1. The number of esters is 1. The van der Waals surface area contributed by atoms with E-state index in [9.17, 15) is 9.59 Å². The summed E-state index contributed by atoms with van der Waals surface area (Å²) in [6, 6.07) is 0. The first-order valence-electron chi connectivity index (χ1n) is 10.7. The van der Waals surface area contributed by atoms with Gasteiger partial charge in [0.25, 0.3) is 0 Å². The number of rotatable bonds is 0. The molecule has 174 valence electrons. The van der Waals surface area contributed by atoms with E-state index in [1.165, 1.54) is 12.0 Å². The van der Waals surface area contributed by atoms with Crippen molar-refractivity contribution in [3.63, 3.8) is 0 Å². The summed E-state index contributed by atoms with van der Waals surface area (Å²) in [5, 5.41) is 0. The van der Waals surface area contributed by atoms with E-state index in [4.69, 9.17) is 9.47 Å². The molecule has 7 aliphatic rings. The zero-order valence-corrected chi connectivity index (χ0v) is 22.0. The molecule has 0 aromatic heterocycles. The highest BCUT2D eigenvalue weighted by molar-refractivity contribution is 7.59. The average Bonchev–Trinajstić information content (AvgIpc) is 3.49. The van der Waals surface area contributed by atoms with Crippen LogP contribution >= 0.6 is 54.0 Å². The standard InChI is InChI=1S/C23H26O4.4H2S/c1-20-6-3-12(24)9-16(20)13-10-14(13)19-15-4-7-22(8-5-18(25)27-22)21(15,2)11-17-23(19,20)26-17;;;;/h3,6,9,13-15,17,19H,4-5,7-8,10-11H2,1-2H3;4*1H2/t13-,14+,15+,17?,19+,20+,21+,22-,23-;;;;/m1..../s1. The first-order chi connectivity index (χ1) is 12.8. The van der Waals surface area contributed by atoms with E-state index in [2.05, 4.69) is 19.9 Å². The summed E-state index contributed by atoms with van der Waals surface area (Å²) >= 11 is 0. The van der Waals surface area contributed by atoms with E-state index in [0.717, 1.165) is 25.7 Å². The molecule has 4 saturated carbocycles. The SMILES string of the molecule is C[C@]12C=CC(=O)C=C1[C@@H]1C[C@@H]1[C@H]1[C@@H]3CC[C@@]4(CCC(=O)O4)[C@@]3(C)CC3O[C@]312.S.S.S.S. The van der Waals surface area contributed by atoms with Gasteiger partial charge in [0.05, 0.1) is 6.10 Å². The van der Waals surface area contributed by atoms with Gasteiger partial charge >= 0.3 is 5.97 Å². The van der Waals surface area contributed by atoms with Crippen molar-refractivity contribution in [1.82, 2.24) is 0 Å². The third-order valence-electron chi connectivity index (χ3n) is 10.0. The summed E-state index contributed by atoms with van der Waals surface area (Å²) < 4.78 is 12.7. The second kappa shape index (κ2) is 7.24. The number of carbonyl (C=O) groups is 2. The maximum absolute atomic E-state index is 12.1. The maximum Gasteiger partial charge on any atom is 0.306 e. The number of hydrogen-bond acceptors (Lipinski definition) is 4. The van der Waals surface area contributed by atoms with Crippen molar-refractivity contribution < 1.29 is 19.1 Å². The molecule has 2 aliphatic heterocycles. The number of ether oxygens (including phenoxy) is 2. The zero-order valence-electron chi connectivity index (χ0n) is 18.0. The monoisotopic (exact) mass is 502 g/mol. The first kappa shape index (κ1) is 25.6. The van der Waals surface area contributed by atoms with Crippen LogP contribution < -0.4 is 0 Å². The Morgan fingerprint density at radius 2 is 1.81 bits per heavy atom. The molecule has 2 spiro atoms. The molecule has 31 heavy (non-hydrogen) atoms. The van der Waals surface area contributed by atoms with Crippen LogP contribution in [0.15, 0.2) is 23.8 Å². The van der Waals surface area contributed by atoms with Gasteiger partial charge in [0.1, 0.15) is 11.2 Å². The lowest BCUT2D eigenvalue weighted by atomic mass is 9.47. The molecule has 0 aromatic carbocycles. The fraction of sp³-hybridized carbons (Fsp3) is 0.739. The Morgan fingerprint density at radius 1 is 1.06 bits per heavy atom. The van der Waals surface area contributed by atoms with Crippen molar-refractivity contribution in [2.45, 2.75) is 69.7 Å². The average molecular weight is 503 g/mol. The van der Waals surface area contributed by atoms with Gasteiger partial charge in [-0.3, -0.25) is 9.59 Å². The van der Waals surface area contributed by atoms with Crippen LogP contribution in [0.25, 0.3) is 0 Å². The Balaban J connectivity index is 0.000000681. The minimum Gasteiger partial charge on any atom is -0.458 e. The van der Waals surface area contributed by atoms with Gasteiger partial charge in [0.2, 0.25) is 0 Å². The van der Waals surface area contributed by atoms with Gasteiger partial charge in [-0.05, 0) is 74.9 Å². The lowest BCUT2D eigenvalue weighted by Gasteiger charge is -2.55. The first-order valence-corrected chi connectivity index (χ1v) is 10.7. The van der Waals surface area contributed by atoms with Crippen LogP contribution in [-0.2, 0) is 19.1 Å². The molecule has 2 saturated heterocycles. The van der Waals surface area contributed by atoms with Gasteiger partial charge in [0, 0.05) is 17.3 Å². The Hall–Kier alpha value is -0.0200. The second-order valence-corrected chi connectivity index (χ2v) is 10.7. The molecule has 2 heterocycles. The minimum atomic E-state index is -0.257. The van der Waals surface area contributed by atoms with Crippen LogP contribution in [0.1, 0.15) is 52.4 Å². The quantitative estimate of drug-likeness (QED) is 0.373. The fourth-order valence-electron chi connectivity index (χ4n) is 8.75. The molecule has 5 aliphatic carbocycles. The molecule has 1 unspecified atom stereocenters. The second-order valence-electron chi connectivity index (χ2n) is 10.7. The number of epoxide rings is 1. The molecule has 8 heteroatoms. The summed E-state index contributed by atoms with van der Waals surface area (Å²) in [5.74, 6) is 2.41. The lowest BCUT2D eigenvalue weighted by Crippen LogP contribution is -2.60. The van der Waals surface area contributed by atoms with Gasteiger partial charge in [-0.1, -0.05) is 18.6 Å². The highest BCUT2D eigenvalue weighted by Crippen LogP contribution is 2.82. The molecule has 7 rings (SSSR count). The maximum atomic E-state index is 12.1. The van der Waals surface area contributed by atoms with Crippen LogP contribution in [-0.4, -0.2) is 29.1 Å². The van der Waals surface area contributed by atoms with Gasteiger partial charge in [-0.25, -0.2) is 0 Å². The molecule has 0 bridgehead atoms. The van der Waals surface area contributed by atoms with Gasteiger partial charge < -0.3 is 9.47 Å². The Labute approximate surface area is 212 Å². The molecular weight excluding hydrogens is 469 g/mol. The van der Waals surface area contributed by atoms with E-state index in [-0.39, 0.29) is 93.9 Å². The Bertz CT molecular complexity index is 904. The molecule has 0 radical (unpaired) electrons. The molecule has 0 N–H and O–H groups in total. The molecule has 0 aromatic rings. The zero-order chi connectivity index (χ0) is 18.4. The predicted octanol–water partition coefficient (Wildman–Crippen LogP) is 3.81. The highest BCUT2D eigenvalue weighted by Gasteiger charge is 2.85. The normalized spacial score (nSPS) is 53.5. The lowest BCUT2D eigenvalue weighted by molar-refractivity contribution is -0.164. The topological polar surface area (TPSA) is 55.9 Å². The largest absolute Gasteiger partial charge is 0.458 e. The molecule has 6 fully saturated rings. The number of fused-ring (bicyclic) bond motifs is 7. The summed E-state index contributed by atoms with van der Waals surface area (Å²) in [7, 11) is 0. The van der Waals surface area contributed by atoms with Crippen LogP contribution in [0.3, 0.4) is 0 Å². The van der Waals surface area contributed by atoms with E-state index in [1.54, 1.807) is 6.08 Å².